The Morgan fingerprint density at radius 3 is 2.44 bits per heavy atom. The normalized spacial score (nSPS) is 23.1. The maximum absolute atomic E-state index is 12.8. The van der Waals surface area contributed by atoms with Crippen LogP contribution in [0.3, 0.4) is 0 Å². The Morgan fingerprint density at radius 1 is 1.30 bits per heavy atom. The Labute approximate surface area is 156 Å². The van der Waals surface area contributed by atoms with Gasteiger partial charge in [0.2, 0.25) is 0 Å². The van der Waals surface area contributed by atoms with E-state index in [1.807, 2.05) is 6.92 Å². The van der Waals surface area contributed by atoms with Crippen LogP contribution in [0.15, 0.2) is 24.3 Å². The van der Waals surface area contributed by atoms with Crippen molar-refractivity contribution in [1.82, 2.24) is 4.90 Å². The lowest BCUT2D eigenvalue weighted by Gasteiger charge is -2.41. The van der Waals surface area contributed by atoms with Crippen molar-refractivity contribution in [3.63, 3.8) is 0 Å². The Morgan fingerprint density at radius 2 is 1.93 bits per heavy atom. The zero-order valence-corrected chi connectivity index (χ0v) is 15.4. The van der Waals surface area contributed by atoms with Crippen LogP contribution in [0.4, 0.5) is 18.0 Å². The van der Waals surface area contributed by atoms with E-state index in [-0.39, 0.29) is 32.0 Å². The fraction of sp³-hybridized carbons (Fsp3) is 0.579. The molecule has 1 aromatic rings. The van der Waals surface area contributed by atoms with Crippen LogP contribution in [0.1, 0.15) is 50.2 Å². The number of ether oxygens (including phenoxy) is 1. The number of piperidine rings is 1. The first-order valence-corrected chi connectivity index (χ1v) is 8.89. The number of amides is 1. The van der Waals surface area contributed by atoms with Gasteiger partial charge in [-0.1, -0.05) is 25.5 Å². The van der Waals surface area contributed by atoms with Crippen molar-refractivity contribution in [2.24, 2.45) is 5.41 Å². The molecule has 2 unspecified atom stereocenters. The molecule has 27 heavy (non-hydrogen) atoms. The lowest BCUT2D eigenvalue weighted by atomic mass is 9.74. The van der Waals surface area contributed by atoms with E-state index in [1.165, 1.54) is 24.0 Å². The van der Waals surface area contributed by atoms with E-state index in [0.29, 0.717) is 12.0 Å². The van der Waals surface area contributed by atoms with E-state index in [9.17, 15) is 27.9 Å². The molecule has 5 nitrogen and oxygen atoms in total. The summed E-state index contributed by atoms with van der Waals surface area (Å²) in [4.78, 5) is 25.4. The first-order valence-electron chi connectivity index (χ1n) is 8.89. The zero-order chi connectivity index (χ0) is 20.2. The molecular weight excluding hydrogens is 363 g/mol. The minimum absolute atomic E-state index is 0.00439. The fourth-order valence-corrected chi connectivity index (χ4v) is 3.28. The van der Waals surface area contributed by atoms with Crippen LogP contribution in [-0.2, 0) is 15.7 Å². The van der Waals surface area contributed by atoms with Crippen LogP contribution in [-0.4, -0.2) is 41.8 Å². The van der Waals surface area contributed by atoms with E-state index < -0.39 is 29.2 Å². The summed E-state index contributed by atoms with van der Waals surface area (Å²) in [7, 11) is 0. The van der Waals surface area contributed by atoms with E-state index in [0.717, 1.165) is 18.6 Å². The number of unbranched alkanes of at least 4 members (excludes halogenated alkanes) is 1. The summed E-state index contributed by atoms with van der Waals surface area (Å²) in [6, 6.07) is 4.65. The minimum atomic E-state index is -4.43. The van der Waals surface area contributed by atoms with Crippen LogP contribution in [0.25, 0.3) is 0 Å². The molecule has 0 aromatic heterocycles. The molecule has 0 aliphatic carbocycles. The number of nitrogens with zero attached hydrogens (tertiary/aromatic N) is 1. The van der Waals surface area contributed by atoms with Gasteiger partial charge in [0, 0.05) is 19.0 Å². The average molecular weight is 387 g/mol. The van der Waals surface area contributed by atoms with Gasteiger partial charge in [0.25, 0.3) is 0 Å². The number of alkyl halides is 3. The molecule has 150 valence electrons. The monoisotopic (exact) mass is 387 g/mol. The van der Waals surface area contributed by atoms with Gasteiger partial charge in [-0.15, -0.1) is 0 Å². The highest BCUT2D eigenvalue weighted by Gasteiger charge is 2.44. The second kappa shape index (κ2) is 8.19. The fourth-order valence-electron chi connectivity index (χ4n) is 3.28. The molecule has 1 amide bonds. The van der Waals surface area contributed by atoms with Crippen molar-refractivity contribution >= 4 is 12.1 Å². The third-order valence-electron chi connectivity index (χ3n) is 4.88. The van der Waals surface area contributed by atoms with Crippen LogP contribution in [0, 0.1) is 5.41 Å². The highest BCUT2D eigenvalue weighted by Crippen LogP contribution is 2.39. The molecule has 1 aliphatic rings. The molecule has 0 radical (unpaired) electrons. The molecule has 1 fully saturated rings. The molecule has 2 atom stereocenters. The third kappa shape index (κ3) is 5.14. The van der Waals surface area contributed by atoms with Gasteiger partial charge in [0.1, 0.15) is 0 Å². The molecule has 0 spiro atoms. The molecule has 1 aliphatic heterocycles. The number of rotatable bonds is 5. The summed E-state index contributed by atoms with van der Waals surface area (Å²) in [6.07, 6.45) is -3.23. The van der Waals surface area contributed by atoms with E-state index in [4.69, 9.17) is 4.74 Å². The van der Waals surface area contributed by atoms with Crippen LogP contribution in [0.5, 0.6) is 0 Å². The van der Waals surface area contributed by atoms with Crippen molar-refractivity contribution in [2.75, 3.05) is 19.7 Å². The van der Waals surface area contributed by atoms with Crippen molar-refractivity contribution in [2.45, 2.75) is 45.2 Å². The van der Waals surface area contributed by atoms with Gasteiger partial charge in [-0.25, -0.2) is 4.79 Å². The van der Waals surface area contributed by atoms with Gasteiger partial charge in [-0.2, -0.15) is 13.2 Å². The van der Waals surface area contributed by atoms with Crippen LogP contribution >= 0.6 is 0 Å². The standard InChI is InChI=1S/C19H24F3NO4/c1-3-4-9-27-17(26)23-11-14(10-18(2,12-23)16(24)25)13-5-7-15(8-6-13)19(20,21)22/h5-8,14H,3-4,9-12H2,1-2H3,(H,24,25). The minimum Gasteiger partial charge on any atom is -0.481 e. The summed E-state index contributed by atoms with van der Waals surface area (Å²) in [5.74, 6) is -1.44. The predicted molar refractivity (Wildman–Crippen MR) is 92.4 cm³/mol. The number of carboxylic acid groups (broad SMARTS) is 1. The van der Waals surface area contributed by atoms with E-state index in [2.05, 4.69) is 0 Å². The highest BCUT2D eigenvalue weighted by molar-refractivity contribution is 5.77. The van der Waals surface area contributed by atoms with Gasteiger partial charge in [-0.05, 0) is 37.5 Å². The van der Waals surface area contributed by atoms with E-state index >= 15 is 0 Å². The molecule has 0 saturated carbocycles. The van der Waals surface area contributed by atoms with Crippen molar-refractivity contribution in [3.8, 4) is 0 Å². The summed E-state index contributed by atoms with van der Waals surface area (Å²) >= 11 is 0. The van der Waals surface area contributed by atoms with Crippen LogP contribution < -0.4 is 0 Å². The number of carbonyl (C=O) groups is 2. The number of carboxylic acids is 1. The molecule has 0 bridgehead atoms. The number of aliphatic carboxylic acids is 1. The molecule has 2 rings (SSSR count). The Balaban J connectivity index is 2.22. The van der Waals surface area contributed by atoms with Gasteiger partial charge in [0.15, 0.2) is 0 Å². The molecular formula is C19H24F3NO4. The lowest BCUT2D eigenvalue weighted by molar-refractivity contribution is -0.151. The van der Waals surface area contributed by atoms with Gasteiger partial charge < -0.3 is 14.7 Å². The second-order valence-electron chi connectivity index (χ2n) is 7.24. The van der Waals surface area contributed by atoms with Crippen molar-refractivity contribution in [3.05, 3.63) is 35.4 Å². The van der Waals surface area contributed by atoms with Crippen molar-refractivity contribution < 1.29 is 32.6 Å². The first-order chi connectivity index (χ1) is 12.6. The highest BCUT2D eigenvalue weighted by atomic mass is 19.4. The Hall–Kier alpha value is -2.25. The summed E-state index contributed by atoms with van der Waals surface area (Å²) in [5.41, 5.74) is -1.39. The van der Waals surface area contributed by atoms with E-state index in [1.54, 1.807) is 0 Å². The molecule has 1 heterocycles. The average Bonchev–Trinajstić information content (AvgIpc) is 2.60. The quantitative estimate of drug-likeness (QED) is 0.755. The third-order valence-corrected chi connectivity index (χ3v) is 4.88. The molecule has 1 saturated heterocycles. The number of benzene rings is 1. The van der Waals surface area contributed by atoms with Gasteiger partial charge in [0.05, 0.1) is 17.6 Å². The molecule has 8 heteroatoms. The Kier molecular flexibility index (Phi) is 6.38. The number of carbonyl (C=O) groups excluding carboxylic acids is 1. The SMILES string of the molecule is CCCCOC(=O)N1CC(c2ccc(C(F)(F)F)cc2)CC(C)(C(=O)O)C1. The predicted octanol–water partition coefficient (Wildman–Crippen LogP) is 4.52. The van der Waals surface area contributed by atoms with Gasteiger partial charge >= 0.3 is 18.2 Å². The largest absolute Gasteiger partial charge is 0.481 e. The lowest BCUT2D eigenvalue weighted by Crippen LogP contribution is -2.51. The molecule has 1 aromatic carbocycles. The smallest absolute Gasteiger partial charge is 0.416 e. The number of hydrogen-bond acceptors (Lipinski definition) is 3. The first kappa shape index (κ1) is 21.1. The summed E-state index contributed by atoms with van der Waals surface area (Å²) < 4.78 is 43.5. The second-order valence-corrected chi connectivity index (χ2v) is 7.24. The molecule has 1 N–H and O–H groups in total. The maximum atomic E-state index is 12.8. The summed E-state index contributed by atoms with van der Waals surface area (Å²) in [5, 5.41) is 9.60. The topological polar surface area (TPSA) is 66.8 Å². The number of halogens is 3. The number of likely N-dealkylation sites (tertiary alicyclic amines) is 1. The maximum Gasteiger partial charge on any atom is 0.416 e. The summed E-state index contributed by atoms with van der Waals surface area (Å²) in [6.45, 7) is 3.96. The Bertz CT molecular complexity index is 675. The van der Waals surface area contributed by atoms with Crippen LogP contribution in [0.2, 0.25) is 0 Å². The van der Waals surface area contributed by atoms with Crippen molar-refractivity contribution in [1.29, 1.82) is 0 Å². The zero-order valence-electron chi connectivity index (χ0n) is 15.4. The number of hydrogen-bond donors (Lipinski definition) is 1. The van der Waals surface area contributed by atoms with Gasteiger partial charge in [-0.3, -0.25) is 4.79 Å².